The summed E-state index contributed by atoms with van der Waals surface area (Å²) in [5, 5.41) is 14.5. The molecule has 1 saturated heterocycles. The Bertz CT molecular complexity index is 482. The van der Waals surface area contributed by atoms with Gasteiger partial charge in [0.05, 0.1) is 4.88 Å². The molecule has 0 bridgehead atoms. The van der Waals surface area contributed by atoms with Crippen molar-refractivity contribution in [1.29, 1.82) is 0 Å². The summed E-state index contributed by atoms with van der Waals surface area (Å²) < 4.78 is 1.70. The smallest absolute Gasteiger partial charge is 0.254 e. The minimum atomic E-state index is -0.230. The van der Waals surface area contributed by atoms with Crippen LogP contribution in [0.4, 0.5) is 0 Å². The maximum atomic E-state index is 12.5. The minimum absolute atomic E-state index is 0.193. The van der Waals surface area contributed by atoms with Gasteiger partial charge in [-0.25, -0.2) is 0 Å². The Morgan fingerprint density at radius 1 is 1.58 bits per heavy atom. The molecule has 19 heavy (non-hydrogen) atoms. The van der Waals surface area contributed by atoms with Crippen molar-refractivity contribution in [2.45, 2.75) is 38.1 Å². The summed E-state index contributed by atoms with van der Waals surface area (Å²) >= 11 is 8.60. The molecule has 1 aromatic rings. The highest BCUT2D eigenvalue weighted by molar-refractivity contribution is 8.24. The number of hydrogen-bond donors (Lipinski definition) is 0. The molecule has 0 spiro atoms. The summed E-state index contributed by atoms with van der Waals surface area (Å²) in [6.45, 7) is 7.10. The average molecular weight is 315 g/mol. The monoisotopic (exact) mass is 314 g/mol. The van der Waals surface area contributed by atoms with Crippen LogP contribution in [0, 0.1) is 5.21 Å². The first-order valence-corrected chi connectivity index (χ1v) is 8.39. The fraction of sp³-hybridized carbons (Fsp3) is 0.538. The molecule has 1 aliphatic rings. The van der Waals surface area contributed by atoms with Gasteiger partial charge in [0, 0.05) is 6.54 Å². The quantitative estimate of drug-likeness (QED) is 0.279. The molecule has 3 nitrogen and oxygen atoms in total. The Morgan fingerprint density at radius 3 is 2.89 bits per heavy atom. The van der Waals surface area contributed by atoms with E-state index < -0.39 is 0 Å². The van der Waals surface area contributed by atoms with E-state index in [1.807, 2.05) is 17.5 Å². The molecule has 2 heterocycles. The molecule has 104 valence electrons. The van der Waals surface area contributed by atoms with Crippen LogP contribution in [-0.4, -0.2) is 37.6 Å². The first-order valence-electron chi connectivity index (χ1n) is 6.29. The fourth-order valence-corrected chi connectivity index (χ4v) is 4.84. The summed E-state index contributed by atoms with van der Waals surface area (Å²) in [6, 6.07) is 3.90. The van der Waals surface area contributed by atoms with Gasteiger partial charge < -0.3 is 5.21 Å². The van der Waals surface area contributed by atoms with Crippen LogP contribution >= 0.6 is 35.3 Å². The Labute approximate surface area is 127 Å². The van der Waals surface area contributed by atoms with E-state index in [1.54, 1.807) is 29.3 Å². The Kier molecular flexibility index (Phi) is 4.53. The highest BCUT2D eigenvalue weighted by Crippen LogP contribution is 2.41. The van der Waals surface area contributed by atoms with Crippen LogP contribution in [-0.2, 0) is 0 Å². The van der Waals surface area contributed by atoms with Crippen LogP contribution in [0.3, 0.4) is 0 Å². The highest BCUT2D eigenvalue weighted by Gasteiger charge is 2.49. The summed E-state index contributed by atoms with van der Waals surface area (Å²) in [5.41, 5.74) is 0. The van der Waals surface area contributed by atoms with E-state index in [9.17, 15) is 5.21 Å². The van der Waals surface area contributed by atoms with E-state index in [0.29, 0.717) is 0 Å². The molecule has 0 saturated carbocycles. The number of rotatable bonds is 4. The summed E-state index contributed by atoms with van der Waals surface area (Å²) in [7, 11) is 0. The van der Waals surface area contributed by atoms with Gasteiger partial charge in [-0.2, -0.15) is 4.74 Å². The molecule has 1 aliphatic heterocycles. The maximum Gasteiger partial charge on any atom is 0.254 e. The molecule has 6 heteroatoms. The second-order valence-electron chi connectivity index (χ2n) is 5.04. The lowest BCUT2D eigenvalue weighted by Gasteiger charge is -2.29. The number of thiocarbonyl (C=S) groups is 1. The highest BCUT2D eigenvalue weighted by atomic mass is 32.2. The van der Waals surface area contributed by atoms with Gasteiger partial charge >= 0.3 is 0 Å². The Balaban J connectivity index is 2.30. The van der Waals surface area contributed by atoms with Crippen LogP contribution in [0.1, 0.15) is 32.1 Å². The molecule has 1 atom stereocenters. The largest absolute Gasteiger partial charge is 0.622 e. The van der Waals surface area contributed by atoms with E-state index in [2.05, 4.69) is 25.7 Å². The minimum Gasteiger partial charge on any atom is -0.622 e. The summed E-state index contributed by atoms with van der Waals surface area (Å²) in [5.74, 6) is 0. The lowest BCUT2D eigenvalue weighted by molar-refractivity contribution is -0.523. The van der Waals surface area contributed by atoms with Crippen molar-refractivity contribution in [3.8, 4) is 0 Å². The van der Waals surface area contributed by atoms with Crippen LogP contribution in [0.25, 0.3) is 0 Å². The van der Waals surface area contributed by atoms with Crippen molar-refractivity contribution in [2.75, 3.05) is 6.54 Å². The number of thioether (sulfide) groups is 1. The fourth-order valence-electron chi connectivity index (χ4n) is 2.27. The predicted octanol–water partition coefficient (Wildman–Crippen LogP) is 3.53. The lowest BCUT2D eigenvalue weighted by atomic mass is 10.1. The van der Waals surface area contributed by atoms with Gasteiger partial charge in [0.15, 0.2) is 6.21 Å². The molecular formula is C13H18N2OS3. The van der Waals surface area contributed by atoms with Crippen LogP contribution in [0.2, 0.25) is 0 Å². The molecule has 1 aromatic heterocycles. The third kappa shape index (κ3) is 3.12. The third-order valence-electron chi connectivity index (χ3n) is 3.01. The summed E-state index contributed by atoms with van der Waals surface area (Å²) in [6.07, 6.45) is 2.43. The van der Waals surface area contributed by atoms with E-state index >= 15 is 0 Å². The Hall–Kier alpha value is -0.590. The van der Waals surface area contributed by atoms with Gasteiger partial charge in [0.1, 0.15) is 9.07 Å². The normalized spacial score (nSPS) is 23.1. The summed E-state index contributed by atoms with van der Waals surface area (Å²) in [4.78, 5) is 3.03. The van der Waals surface area contributed by atoms with Crippen LogP contribution < -0.4 is 0 Å². The molecule has 0 N–H and O–H groups in total. The van der Waals surface area contributed by atoms with Crippen molar-refractivity contribution in [2.24, 2.45) is 0 Å². The van der Waals surface area contributed by atoms with E-state index in [1.165, 1.54) is 0 Å². The van der Waals surface area contributed by atoms with E-state index in [0.717, 1.165) is 26.9 Å². The zero-order valence-electron chi connectivity index (χ0n) is 11.3. The molecular weight excluding hydrogens is 296 g/mol. The standard InChI is InChI=1S/C13H18N2OS3/c1-4-7-14-11(13(2,3)19-12(14)17)15(16)9-10-6-5-8-18-10/h5-6,8-9,11H,4,7H2,1-3H3/b15-9-/t11-/m0/s1. The van der Waals surface area contributed by atoms with Gasteiger partial charge in [0.2, 0.25) is 0 Å². The van der Waals surface area contributed by atoms with Gasteiger partial charge in [0.25, 0.3) is 6.17 Å². The number of nitrogens with zero attached hydrogens (tertiary/aromatic N) is 2. The molecule has 0 unspecified atom stereocenters. The van der Waals surface area contributed by atoms with Crippen LogP contribution in [0.15, 0.2) is 17.5 Å². The second-order valence-corrected chi connectivity index (χ2v) is 8.31. The van der Waals surface area contributed by atoms with Gasteiger partial charge in [-0.05, 0) is 31.7 Å². The number of thiophene rings is 1. The van der Waals surface area contributed by atoms with Gasteiger partial charge in [-0.3, -0.25) is 4.90 Å². The van der Waals surface area contributed by atoms with Crippen LogP contribution in [0.5, 0.6) is 0 Å². The van der Waals surface area contributed by atoms with Crippen molar-refractivity contribution in [1.82, 2.24) is 4.90 Å². The Morgan fingerprint density at radius 2 is 2.32 bits per heavy atom. The van der Waals surface area contributed by atoms with Crippen molar-refractivity contribution < 1.29 is 4.74 Å². The van der Waals surface area contributed by atoms with E-state index in [-0.39, 0.29) is 10.9 Å². The molecule has 2 rings (SSSR count). The van der Waals surface area contributed by atoms with Crippen molar-refractivity contribution >= 4 is 45.9 Å². The van der Waals surface area contributed by atoms with Crippen molar-refractivity contribution in [3.63, 3.8) is 0 Å². The third-order valence-corrected chi connectivity index (χ3v) is 5.44. The van der Waals surface area contributed by atoms with Gasteiger partial charge in [-0.15, -0.1) is 11.3 Å². The second kappa shape index (κ2) is 5.81. The predicted molar refractivity (Wildman–Crippen MR) is 88.2 cm³/mol. The first kappa shape index (κ1) is 14.8. The topological polar surface area (TPSA) is 29.3 Å². The molecule has 1 fully saturated rings. The SMILES string of the molecule is CCCN1C(=S)SC(C)(C)[C@@H]1/[N+]([O-])=C/c1cccs1. The average Bonchev–Trinajstić information content (AvgIpc) is 2.86. The number of hydroxylamine groups is 1. The first-order chi connectivity index (χ1) is 8.95. The van der Waals surface area contributed by atoms with Gasteiger partial charge in [-0.1, -0.05) is 37.0 Å². The molecule has 0 aliphatic carbocycles. The van der Waals surface area contributed by atoms with E-state index in [4.69, 9.17) is 12.2 Å². The zero-order chi connectivity index (χ0) is 14.0. The number of hydrogen-bond acceptors (Lipinski definition) is 4. The lowest BCUT2D eigenvalue weighted by Crippen LogP contribution is -2.48. The zero-order valence-corrected chi connectivity index (χ0v) is 13.8. The molecule has 0 amide bonds. The molecule has 0 radical (unpaired) electrons. The van der Waals surface area contributed by atoms with Crippen molar-refractivity contribution in [3.05, 3.63) is 27.6 Å². The molecule has 0 aromatic carbocycles. The maximum absolute atomic E-state index is 12.5.